The van der Waals surface area contributed by atoms with Crippen LogP contribution in [0.2, 0.25) is 0 Å². The quantitative estimate of drug-likeness (QED) is 0.651. The Bertz CT molecular complexity index is 825. The van der Waals surface area contributed by atoms with Gasteiger partial charge in [-0.15, -0.1) is 0 Å². The Kier molecular flexibility index (Phi) is 7.20. The lowest BCUT2D eigenvalue weighted by atomic mass is 9.99. The number of thiocarbonyl (C=S) groups is 1. The molecular weight excluding hydrogens is 382 g/mol. The molecular formula is C23H31N3O2S. The highest BCUT2D eigenvalue weighted by Gasteiger charge is 2.17. The van der Waals surface area contributed by atoms with Crippen LogP contribution in [0.4, 0.5) is 11.4 Å². The summed E-state index contributed by atoms with van der Waals surface area (Å²) in [5.41, 5.74) is 3.36. The van der Waals surface area contributed by atoms with Crippen molar-refractivity contribution in [1.29, 1.82) is 0 Å². The van der Waals surface area contributed by atoms with Gasteiger partial charge in [0.1, 0.15) is 0 Å². The van der Waals surface area contributed by atoms with E-state index < -0.39 is 0 Å². The van der Waals surface area contributed by atoms with Gasteiger partial charge < -0.3 is 25.0 Å². The number of nitrogens with zero attached hydrogens (tertiary/aromatic N) is 1. The Morgan fingerprint density at radius 2 is 1.83 bits per heavy atom. The molecule has 29 heavy (non-hydrogen) atoms. The number of hydrogen-bond donors (Lipinski definition) is 2. The van der Waals surface area contributed by atoms with Crippen molar-refractivity contribution in [3.63, 3.8) is 0 Å². The predicted molar refractivity (Wildman–Crippen MR) is 124 cm³/mol. The number of methoxy groups -OCH3 is 2. The van der Waals surface area contributed by atoms with Crippen molar-refractivity contribution in [2.24, 2.45) is 5.92 Å². The molecule has 1 saturated heterocycles. The van der Waals surface area contributed by atoms with E-state index >= 15 is 0 Å². The molecule has 156 valence electrons. The zero-order chi connectivity index (χ0) is 20.8. The predicted octanol–water partition coefficient (Wildman–Crippen LogP) is 4.99. The summed E-state index contributed by atoms with van der Waals surface area (Å²) >= 11 is 5.49. The highest BCUT2D eigenvalue weighted by atomic mass is 32.1. The first-order valence-electron chi connectivity index (χ1n) is 10.1. The van der Waals surface area contributed by atoms with Gasteiger partial charge in [-0.25, -0.2) is 0 Å². The van der Waals surface area contributed by atoms with Crippen LogP contribution in [0.15, 0.2) is 42.5 Å². The second kappa shape index (κ2) is 9.83. The van der Waals surface area contributed by atoms with Crippen molar-refractivity contribution in [2.45, 2.75) is 32.7 Å². The topological polar surface area (TPSA) is 45.8 Å². The van der Waals surface area contributed by atoms with Crippen molar-refractivity contribution in [1.82, 2.24) is 5.32 Å². The molecule has 0 aliphatic carbocycles. The third kappa shape index (κ3) is 5.54. The summed E-state index contributed by atoms with van der Waals surface area (Å²) in [6.07, 6.45) is 2.61. The lowest BCUT2D eigenvalue weighted by molar-refractivity contribution is 0.355. The van der Waals surface area contributed by atoms with Gasteiger partial charge in [0.2, 0.25) is 0 Å². The van der Waals surface area contributed by atoms with E-state index in [1.54, 1.807) is 14.2 Å². The number of anilines is 2. The minimum Gasteiger partial charge on any atom is -0.493 e. The lowest BCUT2D eigenvalue weighted by Gasteiger charge is -2.33. The fourth-order valence-electron chi connectivity index (χ4n) is 3.76. The van der Waals surface area contributed by atoms with E-state index in [1.165, 1.54) is 24.1 Å². The van der Waals surface area contributed by atoms with Crippen LogP contribution < -0.4 is 25.0 Å². The summed E-state index contributed by atoms with van der Waals surface area (Å²) in [6, 6.07) is 14.5. The van der Waals surface area contributed by atoms with Crippen LogP contribution >= 0.6 is 12.2 Å². The number of benzene rings is 2. The van der Waals surface area contributed by atoms with Crippen molar-refractivity contribution >= 4 is 28.7 Å². The van der Waals surface area contributed by atoms with E-state index in [2.05, 4.69) is 53.6 Å². The number of ether oxygens (including phenoxy) is 2. The maximum Gasteiger partial charge on any atom is 0.171 e. The summed E-state index contributed by atoms with van der Waals surface area (Å²) in [7, 11) is 3.24. The van der Waals surface area contributed by atoms with Gasteiger partial charge in [-0.2, -0.15) is 0 Å². The molecule has 2 aromatic carbocycles. The average Bonchev–Trinajstić information content (AvgIpc) is 2.73. The molecule has 1 aliphatic heterocycles. The molecule has 0 amide bonds. The Hall–Kier alpha value is -2.47. The second-order valence-electron chi connectivity index (χ2n) is 7.67. The zero-order valence-electron chi connectivity index (χ0n) is 17.7. The zero-order valence-corrected chi connectivity index (χ0v) is 18.5. The molecule has 2 aromatic rings. The van der Waals surface area contributed by atoms with Crippen molar-refractivity contribution < 1.29 is 9.47 Å². The van der Waals surface area contributed by atoms with Gasteiger partial charge in [0.05, 0.1) is 20.3 Å². The fraction of sp³-hybridized carbons (Fsp3) is 0.435. The Morgan fingerprint density at radius 3 is 2.48 bits per heavy atom. The van der Waals surface area contributed by atoms with Crippen LogP contribution in [0, 0.1) is 5.92 Å². The summed E-state index contributed by atoms with van der Waals surface area (Å²) in [5, 5.41) is 7.13. The first-order chi connectivity index (χ1) is 14.0. The van der Waals surface area contributed by atoms with E-state index in [4.69, 9.17) is 21.7 Å². The van der Waals surface area contributed by atoms with Gasteiger partial charge in [-0.3, -0.25) is 0 Å². The minimum atomic E-state index is 0.101. The van der Waals surface area contributed by atoms with Crippen LogP contribution in [0.3, 0.4) is 0 Å². The third-order valence-electron chi connectivity index (χ3n) is 5.40. The molecule has 6 heteroatoms. The number of nitrogens with one attached hydrogen (secondary N) is 2. The molecule has 0 spiro atoms. The first kappa shape index (κ1) is 21.2. The molecule has 5 nitrogen and oxygen atoms in total. The second-order valence-corrected chi connectivity index (χ2v) is 8.08. The van der Waals surface area contributed by atoms with Crippen molar-refractivity contribution in [3.05, 3.63) is 48.0 Å². The SMILES string of the molecule is COc1ccc(NC(=S)N[C@@H](C)c2ccc(N3CCC[C@@H](C)C3)cc2)cc1OC. The van der Waals surface area contributed by atoms with Crippen LogP contribution in [0.1, 0.15) is 38.3 Å². The molecule has 3 rings (SSSR count). The monoisotopic (exact) mass is 413 g/mol. The Labute approximate surface area is 179 Å². The van der Waals surface area contributed by atoms with E-state index in [1.807, 2.05) is 18.2 Å². The minimum absolute atomic E-state index is 0.101. The standard InChI is InChI=1S/C23H31N3O2S/c1-16-6-5-13-26(15-16)20-10-7-18(8-11-20)17(2)24-23(29)25-19-9-12-21(27-3)22(14-19)28-4/h7-12,14,16-17H,5-6,13,15H2,1-4H3,(H2,24,25,29)/t16-,17+/m1/s1. The maximum absolute atomic E-state index is 5.49. The van der Waals surface area contributed by atoms with Crippen molar-refractivity contribution in [2.75, 3.05) is 37.5 Å². The summed E-state index contributed by atoms with van der Waals surface area (Å²) in [6.45, 7) is 6.74. The molecule has 0 saturated carbocycles. The molecule has 0 aromatic heterocycles. The van der Waals surface area contributed by atoms with Gasteiger partial charge >= 0.3 is 0 Å². The van der Waals surface area contributed by atoms with Crippen LogP contribution in [0.25, 0.3) is 0 Å². The fourth-order valence-corrected chi connectivity index (χ4v) is 4.05. The number of rotatable bonds is 6. The largest absolute Gasteiger partial charge is 0.493 e. The van der Waals surface area contributed by atoms with E-state index in [0.29, 0.717) is 16.6 Å². The molecule has 0 bridgehead atoms. The van der Waals surface area contributed by atoms with Crippen molar-refractivity contribution in [3.8, 4) is 11.5 Å². The highest BCUT2D eigenvalue weighted by molar-refractivity contribution is 7.80. The van der Waals surface area contributed by atoms with E-state index in [9.17, 15) is 0 Å². The number of piperidine rings is 1. The number of hydrogen-bond acceptors (Lipinski definition) is 4. The first-order valence-corrected chi connectivity index (χ1v) is 10.6. The van der Waals surface area contributed by atoms with Crippen LogP contribution in [-0.4, -0.2) is 32.4 Å². The summed E-state index contributed by atoms with van der Waals surface area (Å²) < 4.78 is 10.6. The van der Waals surface area contributed by atoms with Gasteiger partial charge in [0.25, 0.3) is 0 Å². The molecule has 2 atom stereocenters. The molecule has 1 aliphatic rings. The van der Waals surface area contributed by atoms with Gasteiger partial charge in [0, 0.05) is 30.5 Å². The Balaban J connectivity index is 1.58. The lowest BCUT2D eigenvalue weighted by Crippen LogP contribution is -2.34. The smallest absolute Gasteiger partial charge is 0.171 e. The molecule has 1 heterocycles. The average molecular weight is 414 g/mol. The summed E-state index contributed by atoms with van der Waals surface area (Å²) in [5.74, 6) is 2.12. The van der Waals surface area contributed by atoms with Gasteiger partial charge in [-0.05, 0) is 67.7 Å². The van der Waals surface area contributed by atoms with Crippen LogP contribution in [-0.2, 0) is 0 Å². The molecule has 0 radical (unpaired) electrons. The molecule has 0 unspecified atom stereocenters. The van der Waals surface area contributed by atoms with Gasteiger partial charge in [-0.1, -0.05) is 19.1 Å². The van der Waals surface area contributed by atoms with Crippen LogP contribution in [0.5, 0.6) is 11.5 Å². The third-order valence-corrected chi connectivity index (χ3v) is 5.62. The summed E-state index contributed by atoms with van der Waals surface area (Å²) in [4.78, 5) is 2.49. The molecule has 2 N–H and O–H groups in total. The maximum atomic E-state index is 5.49. The van der Waals surface area contributed by atoms with E-state index in [0.717, 1.165) is 24.7 Å². The molecule has 1 fully saturated rings. The van der Waals surface area contributed by atoms with E-state index in [-0.39, 0.29) is 6.04 Å². The highest BCUT2D eigenvalue weighted by Crippen LogP contribution is 2.30. The normalized spacial score (nSPS) is 17.4. The van der Waals surface area contributed by atoms with Gasteiger partial charge in [0.15, 0.2) is 16.6 Å². The Morgan fingerprint density at radius 1 is 1.10 bits per heavy atom.